The molecular weight excluding hydrogens is 194 g/mol. The molecule has 2 aromatic rings. The molecule has 15 heavy (non-hydrogen) atoms. The van der Waals surface area contributed by atoms with E-state index in [1.54, 1.807) is 20.3 Å². The highest BCUT2D eigenvalue weighted by molar-refractivity contribution is 5.97. The van der Waals surface area contributed by atoms with Gasteiger partial charge >= 0.3 is 6.03 Å². The average Bonchev–Trinajstić information content (AvgIpc) is 2.66. The number of carbonyl (C=O) groups is 1. The SMILES string of the molecule is CN(C)C(=O)Nc1ncnc2[nH]ccc12. The molecule has 0 atom stereocenters. The lowest BCUT2D eigenvalue weighted by atomic mass is 10.4. The molecule has 0 radical (unpaired) electrons. The van der Waals surface area contributed by atoms with E-state index in [4.69, 9.17) is 0 Å². The first-order valence-corrected chi connectivity index (χ1v) is 4.45. The summed E-state index contributed by atoms with van der Waals surface area (Å²) in [5.74, 6) is 0.514. The molecule has 2 aromatic heterocycles. The van der Waals surface area contributed by atoms with E-state index in [2.05, 4.69) is 20.3 Å². The van der Waals surface area contributed by atoms with Crippen LogP contribution >= 0.6 is 0 Å². The van der Waals surface area contributed by atoms with Gasteiger partial charge in [0.1, 0.15) is 17.8 Å². The summed E-state index contributed by atoms with van der Waals surface area (Å²) in [4.78, 5) is 23.8. The molecule has 0 fully saturated rings. The van der Waals surface area contributed by atoms with Gasteiger partial charge in [-0.15, -0.1) is 0 Å². The Hall–Kier alpha value is -2.11. The first-order valence-electron chi connectivity index (χ1n) is 4.45. The Morgan fingerprint density at radius 1 is 1.47 bits per heavy atom. The summed E-state index contributed by atoms with van der Waals surface area (Å²) in [7, 11) is 3.34. The minimum atomic E-state index is -0.212. The Balaban J connectivity index is 2.35. The van der Waals surface area contributed by atoms with E-state index in [1.807, 2.05) is 6.07 Å². The lowest BCUT2D eigenvalue weighted by Gasteiger charge is -2.11. The highest BCUT2D eigenvalue weighted by Crippen LogP contribution is 2.17. The van der Waals surface area contributed by atoms with Crippen LogP contribution in [0.3, 0.4) is 0 Å². The zero-order valence-corrected chi connectivity index (χ0v) is 8.48. The number of amides is 2. The average molecular weight is 205 g/mol. The molecule has 0 saturated carbocycles. The number of aromatic nitrogens is 3. The van der Waals surface area contributed by atoms with E-state index in [-0.39, 0.29) is 6.03 Å². The predicted molar refractivity (Wildman–Crippen MR) is 56.6 cm³/mol. The van der Waals surface area contributed by atoms with Crippen LogP contribution in [0, 0.1) is 0 Å². The van der Waals surface area contributed by atoms with Crippen LogP contribution < -0.4 is 5.32 Å². The number of nitrogens with zero attached hydrogens (tertiary/aromatic N) is 3. The van der Waals surface area contributed by atoms with Crippen molar-refractivity contribution in [1.82, 2.24) is 19.9 Å². The van der Waals surface area contributed by atoms with Crippen molar-refractivity contribution in [3.8, 4) is 0 Å². The number of rotatable bonds is 1. The van der Waals surface area contributed by atoms with Gasteiger partial charge in [-0.25, -0.2) is 14.8 Å². The molecule has 0 aromatic carbocycles. The van der Waals surface area contributed by atoms with Gasteiger partial charge in [-0.1, -0.05) is 0 Å². The lowest BCUT2D eigenvalue weighted by molar-refractivity contribution is 0.230. The molecule has 78 valence electrons. The van der Waals surface area contributed by atoms with E-state index in [9.17, 15) is 4.79 Å². The maximum Gasteiger partial charge on any atom is 0.322 e. The molecule has 0 aliphatic heterocycles. The molecule has 0 bridgehead atoms. The van der Waals surface area contributed by atoms with Crippen LogP contribution in [0.15, 0.2) is 18.6 Å². The van der Waals surface area contributed by atoms with Gasteiger partial charge in [0.05, 0.1) is 5.39 Å². The molecule has 0 unspecified atom stereocenters. The number of H-pyrrole nitrogens is 1. The number of urea groups is 1. The molecule has 2 amide bonds. The zero-order chi connectivity index (χ0) is 10.8. The third kappa shape index (κ3) is 1.74. The number of anilines is 1. The molecule has 0 spiro atoms. The number of carbonyl (C=O) groups excluding carboxylic acids is 1. The second-order valence-corrected chi connectivity index (χ2v) is 3.29. The highest BCUT2D eigenvalue weighted by Gasteiger charge is 2.08. The van der Waals surface area contributed by atoms with Crippen molar-refractivity contribution >= 4 is 22.9 Å². The molecule has 0 aliphatic carbocycles. The summed E-state index contributed by atoms with van der Waals surface area (Å²) in [6, 6.07) is 1.61. The molecule has 0 aliphatic rings. The zero-order valence-electron chi connectivity index (χ0n) is 8.48. The summed E-state index contributed by atoms with van der Waals surface area (Å²) in [5, 5.41) is 3.49. The fraction of sp³-hybridized carbons (Fsp3) is 0.222. The van der Waals surface area contributed by atoms with E-state index in [0.717, 1.165) is 5.39 Å². The molecule has 2 rings (SSSR count). The van der Waals surface area contributed by atoms with E-state index in [1.165, 1.54) is 11.2 Å². The minimum absolute atomic E-state index is 0.212. The van der Waals surface area contributed by atoms with Gasteiger partial charge in [0.2, 0.25) is 0 Å². The Morgan fingerprint density at radius 3 is 3.00 bits per heavy atom. The fourth-order valence-corrected chi connectivity index (χ4v) is 1.19. The molecule has 0 saturated heterocycles. The first kappa shape index (κ1) is 9.45. The Labute approximate surface area is 86.3 Å². The topological polar surface area (TPSA) is 73.9 Å². The van der Waals surface area contributed by atoms with Crippen molar-refractivity contribution in [1.29, 1.82) is 0 Å². The maximum absolute atomic E-state index is 11.4. The van der Waals surface area contributed by atoms with E-state index in [0.29, 0.717) is 11.5 Å². The Kier molecular flexibility index (Phi) is 2.24. The third-order valence-electron chi connectivity index (χ3n) is 1.99. The number of nitrogens with one attached hydrogen (secondary N) is 2. The van der Waals surface area contributed by atoms with Crippen LogP contribution in [0.2, 0.25) is 0 Å². The maximum atomic E-state index is 11.4. The Bertz CT molecular complexity index is 490. The van der Waals surface area contributed by atoms with Crippen molar-refractivity contribution in [2.45, 2.75) is 0 Å². The number of aromatic amines is 1. The molecule has 2 heterocycles. The monoisotopic (exact) mass is 205 g/mol. The van der Waals surface area contributed by atoms with Crippen LogP contribution in [0.4, 0.5) is 10.6 Å². The van der Waals surface area contributed by atoms with Gasteiger partial charge < -0.3 is 9.88 Å². The van der Waals surface area contributed by atoms with Crippen molar-refractivity contribution < 1.29 is 4.79 Å². The van der Waals surface area contributed by atoms with Crippen molar-refractivity contribution in [2.24, 2.45) is 0 Å². The third-order valence-corrected chi connectivity index (χ3v) is 1.99. The van der Waals surface area contributed by atoms with Crippen LogP contribution in [0.5, 0.6) is 0 Å². The standard InChI is InChI=1S/C9H11N5O/c1-14(2)9(15)13-8-6-3-4-10-7(6)11-5-12-8/h3-5H,1-2H3,(H2,10,11,12,13,15). The highest BCUT2D eigenvalue weighted by atomic mass is 16.2. The quantitative estimate of drug-likeness (QED) is 0.730. The van der Waals surface area contributed by atoms with Crippen LogP contribution in [-0.4, -0.2) is 40.0 Å². The van der Waals surface area contributed by atoms with E-state index < -0.39 is 0 Å². The largest absolute Gasteiger partial charge is 0.346 e. The fourth-order valence-electron chi connectivity index (χ4n) is 1.19. The summed E-state index contributed by atoms with van der Waals surface area (Å²) in [5.41, 5.74) is 0.707. The van der Waals surface area contributed by atoms with Gasteiger partial charge in [0.15, 0.2) is 0 Å². The van der Waals surface area contributed by atoms with Crippen molar-refractivity contribution in [3.63, 3.8) is 0 Å². The van der Waals surface area contributed by atoms with Crippen LogP contribution in [0.25, 0.3) is 11.0 Å². The molecular formula is C9H11N5O. The number of hydrogen-bond donors (Lipinski definition) is 2. The lowest BCUT2D eigenvalue weighted by Crippen LogP contribution is -2.27. The summed E-state index contributed by atoms with van der Waals surface area (Å²) >= 11 is 0. The van der Waals surface area contributed by atoms with Crippen molar-refractivity contribution in [3.05, 3.63) is 18.6 Å². The number of fused-ring (bicyclic) bond motifs is 1. The van der Waals surface area contributed by atoms with Crippen LogP contribution in [-0.2, 0) is 0 Å². The number of hydrogen-bond acceptors (Lipinski definition) is 3. The van der Waals surface area contributed by atoms with Gasteiger partial charge in [-0.2, -0.15) is 0 Å². The Morgan fingerprint density at radius 2 is 2.27 bits per heavy atom. The van der Waals surface area contributed by atoms with Crippen LogP contribution in [0.1, 0.15) is 0 Å². The smallest absolute Gasteiger partial charge is 0.322 e. The summed E-state index contributed by atoms with van der Waals surface area (Å²) in [6.07, 6.45) is 3.16. The van der Waals surface area contributed by atoms with Crippen molar-refractivity contribution in [2.75, 3.05) is 19.4 Å². The molecule has 2 N–H and O–H groups in total. The predicted octanol–water partition coefficient (Wildman–Crippen LogP) is 1.05. The molecule has 6 nitrogen and oxygen atoms in total. The first-order chi connectivity index (χ1) is 7.18. The van der Waals surface area contributed by atoms with Gasteiger partial charge in [-0.3, -0.25) is 5.32 Å². The second-order valence-electron chi connectivity index (χ2n) is 3.29. The summed E-state index contributed by atoms with van der Waals surface area (Å²) in [6.45, 7) is 0. The van der Waals surface area contributed by atoms with Gasteiger partial charge in [-0.05, 0) is 6.07 Å². The summed E-state index contributed by atoms with van der Waals surface area (Å²) < 4.78 is 0. The molecule has 6 heteroatoms. The normalized spacial score (nSPS) is 10.3. The second kappa shape index (κ2) is 3.56. The van der Waals surface area contributed by atoms with Gasteiger partial charge in [0, 0.05) is 20.3 Å². The van der Waals surface area contributed by atoms with E-state index >= 15 is 0 Å². The van der Waals surface area contributed by atoms with Gasteiger partial charge in [0.25, 0.3) is 0 Å². The minimum Gasteiger partial charge on any atom is -0.346 e.